The molecular formula is C23H22ClN9O2. The Morgan fingerprint density at radius 1 is 1.23 bits per heavy atom. The molecule has 0 saturated heterocycles. The number of carbonyl (C=O) groups is 1. The summed E-state index contributed by atoms with van der Waals surface area (Å²) in [6.45, 7) is 3.88. The first-order chi connectivity index (χ1) is 16.8. The number of amides is 1. The Bertz CT molecular complexity index is 1640. The molecule has 1 N–H and O–H groups in total. The summed E-state index contributed by atoms with van der Waals surface area (Å²) in [5, 5.41) is 20.9. The van der Waals surface area contributed by atoms with Gasteiger partial charge in [0.1, 0.15) is 5.56 Å². The van der Waals surface area contributed by atoms with Crippen molar-refractivity contribution < 1.29 is 4.79 Å². The highest BCUT2D eigenvalue weighted by Gasteiger charge is 2.23. The van der Waals surface area contributed by atoms with Crippen molar-refractivity contribution >= 4 is 33.9 Å². The van der Waals surface area contributed by atoms with E-state index in [0.29, 0.717) is 57.2 Å². The summed E-state index contributed by atoms with van der Waals surface area (Å²) >= 11 is 6.37. The minimum atomic E-state index is -0.508. The number of benzene rings is 1. The molecule has 11 nitrogen and oxygen atoms in total. The van der Waals surface area contributed by atoms with Gasteiger partial charge in [-0.3, -0.25) is 9.59 Å². The number of halogens is 1. The minimum absolute atomic E-state index is 0.248. The molecule has 0 saturated carbocycles. The van der Waals surface area contributed by atoms with E-state index in [1.807, 2.05) is 19.1 Å². The van der Waals surface area contributed by atoms with E-state index in [-0.39, 0.29) is 11.5 Å². The van der Waals surface area contributed by atoms with E-state index in [4.69, 9.17) is 11.6 Å². The summed E-state index contributed by atoms with van der Waals surface area (Å²) in [5.41, 5.74) is 1.79. The SMILES string of the molecule is Cc1nn2cccnc2c1C(=O)N[C@@H](C)c1cc2cccc(Cl)c2c(=O)n1CCc1nnn(C)n1. The lowest BCUT2D eigenvalue weighted by molar-refractivity contribution is 0.0939. The van der Waals surface area contributed by atoms with Crippen LogP contribution in [0.4, 0.5) is 0 Å². The van der Waals surface area contributed by atoms with Crippen LogP contribution < -0.4 is 10.9 Å². The van der Waals surface area contributed by atoms with Crippen LogP contribution in [0, 0.1) is 6.92 Å². The van der Waals surface area contributed by atoms with Crippen LogP contribution in [0.1, 0.15) is 40.5 Å². The van der Waals surface area contributed by atoms with E-state index >= 15 is 0 Å². The third-order valence-electron chi connectivity index (χ3n) is 5.82. The normalized spacial score (nSPS) is 12.3. The van der Waals surface area contributed by atoms with Gasteiger partial charge >= 0.3 is 0 Å². The largest absolute Gasteiger partial charge is 0.344 e. The van der Waals surface area contributed by atoms with Crippen molar-refractivity contribution in [2.75, 3.05) is 0 Å². The van der Waals surface area contributed by atoms with Crippen LogP contribution in [0.15, 0.2) is 47.5 Å². The second-order valence-corrected chi connectivity index (χ2v) is 8.63. The molecule has 5 aromatic rings. The fourth-order valence-electron chi connectivity index (χ4n) is 4.21. The highest BCUT2D eigenvalue weighted by atomic mass is 35.5. The van der Waals surface area contributed by atoms with Crippen LogP contribution in [-0.2, 0) is 20.0 Å². The topological polar surface area (TPSA) is 125 Å². The average Bonchev–Trinajstić information content (AvgIpc) is 3.39. The van der Waals surface area contributed by atoms with Gasteiger partial charge in [-0.15, -0.1) is 10.2 Å². The molecule has 5 rings (SSSR count). The van der Waals surface area contributed by atoms with Crippen molar-refractivity contribution in [2.24, 2.45) is 7.05 Å². The first kappa shape index (κ1) is 22.7. The first-order valence-electron chi connectivity index (χ1n) is 11.0. The van der Waals surface area contributed by atoms with Gasteiger partial charge in [-0.05, 0) is 42.6 Å². The molecule has 0 aliphatic heterocycles. The second-order valence-electron chi connectivity index (χ2n) is 8.22. The van der Waals surface area contributed by atoms with Crippen LogP contribution in [0.3, 0.4) is 0 Å². The molecule has 0 aliphatic carbocycles. The number of aromatic nitrogens is 8. The lowest BCUT2D eigenvalue weighted by atomic mass is 10.1. The molecule has 0 spiro atoms. The van der Waals surface area contributed by atoms with E-state index < -0.39 is 6.04 Å². The summed E-state index contributed by atoms with van der Waals surface area (Å²) in [7, 11) is 1.68. The number of rotatable bonds is 6. The number of hydrogen-bond acceptors (Lipinski definition) is 7. The van der Waals surface area contributed by atoms with E-state index in [1.54, 1.807) is 53.6 Å². The number of pyridine rings is 1. The maximum Gasteiger partial charge on any atom is 0.260 e. The molecule has 4 aromatic heterocycles. The number of hydrogen-bond donors (Lipinski definition) is 1. The average molecular weight is 492 g/mol. The number of nitrogens with one attached hydrogen (secondary N) is 1. The standard InChI is InChI=1S/C23H22ClN9O2/c1-13(26-22(34)19-14(2)28-33-10-5-9-25-21(19)33)17-12-15-6-4-7-16(24)20(15)23(35)32(17)11-8-18-27-30-31(3)29-18/h4-7,9-10,12-13H,8,11H2,1-3H3,(H,26,34)/t13-/m0/s1. The van der Waals surface area contributed by atoms with Crippen molar-refractivity contribution in [3.8, 4) is 0 Å². The molecule has 35 heavy (non-hydrogen) atoms. The Morgan fingerprint density at radius 3 is 2.83 bits per heavy atom. The van der Waals surface area contributed by atoms with Gasteiger partial charge in [-0.2, -0.15) is 9.90 Å². The van der Waals surface area contributed by atoms with Crippen molar-refractivity contribution in [1.82, 2.24) is 44.7 Å². The molecular weight excluding hydrogens is 470 g/mol. The molecule has 4 heterocycles. The second kappa shape index (κ2) is 8.91. The molecule has 0 bridgehead atoms. The fraction of sp³-hybridized carbons (Fsp3) is 0.261. The molecule has 0 unspecified atom stereocenters. The predicted octanol–water partition coefficient (Wildman–Crippen LogP) is 2.26. The van der Waals surface area contributed by atoms with Gasteiger partial charge in [0.15, 0.2) is 11.5 Å². The van der Waals surface area contributed by atoms with Crippen molar-refractivity contribution in [1.29, 1.82) is 0 Å². The van der Waals surface area contributed by atoms with Gasteiger partial charge in [-0.25, -0.2) is 9.50 Å². The van der Waals surface area contributed by atoms with Gasteiger partial charge in [0, 0.05) is 31.1 Å². The van der Waals surface area contributed by atoms with Crippen LogP contribution in [0.25, 0.3) is 16.4 Å². The Labute approximate surface area is 204 Å². The van der Waals surface area contributed by atoms with Crippen molar-refractivity contribution in [2.45, 2.75) is 32.9 Å². The molecule has 0 radical (unpaired) electrons. The monoisotopic (exact) mass is 491 g/mol. The zero-order chi connectivity index (χ0) is 24.7. The van der Waals surface area contributed by atoms with Gasteiger partial charge < -0.3 is 9.88 Å². The minimum Gasteiger partial charge on any atom is -0.344 e. The van der Waals surface area contributed by atoms with E-state index in [0.717, 1.165) is 0 Å². The Balaban J connectivity index is 1.54. The zero-order valence-corrected chi connectivity index (χ0v) is 20.1. The molecule has 1 aromatic carbocycles. The number of nitrogens with zero attached hydrogens (tertiary/aromatic N) is 8. The Morgan fingerprint density at radius 2 is 2.06 bits per heavy atom. The lowest BCUT2D eigenvalue weighted by Crippen LogP contribution is -2.33. The number of aryl methyl sites for hydroxylation is 3. The highest BCUT2D eigenvalue weighted by Crippen LogP contribution is 2.24. The van der Waals surface area contributed by atoms with Crippen LogP contribution >= 0.6 is 11.6 Å². The summed E-state index contributed by atoms with van der Waals surface area (Å²) in [6, 6.07) is 8.42. The van der Waals surface area contributed by atoms with Crippen molar-refractivity contribution in [3.05, 3.63) is 80.9 Å². The van der Waals surface area contributed by atoms with E-state index in [1.165, 1.54) is 4.80 Å². The first-order valence-corrected chi connectivity index (χ1v) is 11.4. The number of carbonyl (C=O) groups excluding carboxylic acids is 1. The van der Waals surface area contributed by atoms with Gasteiger partial charge in [0.05, 0.1) is 29.2 Å². The predicted molar refractivity (Wildman–Crippen MR) is 129 cm³/mol. The molecule has 1 atom stereocenters. The summed E-state index contributed by atoms with van der Waals surface area (Å²) in [5.74, 6) is 0.179. The third kappa shape index (κ3) is 4.14. The Kier molecular flexibility index (Phi) is 5.77. The molecule has 0 fully saturated rings. The van der Waals surface area contributed by atoms with Crippen molar-refractivity contribution in [3.63, 3.8) is 0 Å². The maximum absolute atomic E-state index is 13.5. The Hall–Kier alpha value is -4.12. The van der Waals surface area contributed by atoms with Gasteiger partial charge in [0.25, 0.3) is 11.5 Å². The van der Waals surface area contributed by atoms with Crippen LogP contribution in [-0.4, -0.2) is 45.3 Å². The fourth-order valence-corrected chi connectivity index (χ4v) is 4.47. The summed E-state index contributed by atoms with van der Waals surface area (Å²) < 4.78 is 3.17. The molecule has 0 aliphatic rings. The maximum atomic E-state index is 13.5. The lowest BCUT2D eigenvalue weighted by Gasteiger charge is -2.21. The molecule has 1 amide bonds. The van der Waals surface area contributed by atoms with Gasteiger partial charge in [0.2, 0.25) is 0 Å². The smallest absolute Gasteiger partial charge is 0.260 e. The summed E-state index contributed by atoms with van der Waals surface area (Å²) in [4.78, 5) is 32.5. The molecule has 12 heteroatoms. The molecule has 178 valence electrons. The third-order valence-corrected chi connectivity index (χ3v) is 6.13. The highest BCUT2D eigenvalue weighted by molar-refractivity contribution is 6.35. The quantitative estimate of drug-likeness (QED) is 0.386. The zero-order valence-electron chi connectivity index (χ0n) is 19.3. The van der Waals surface area contributed by atoms with E-state index in [2.05, 4.69) is 30.8 Å². The summed E-state index contributed by atoms with van der Waals surface area (Å²) in [6.07, 6.45) is 3.73. The van der Waals surface area contributed by atoms with Crippen LogP contribution in [0.5, 0.6) is 0 Å². The number of tetrazole rings is 1. The van der Waals surface area contributed by atoms with E-state index in [9.17, 15) is 9.59 Å². The van der Waals surface area contributed by atoms with Gasteiger partial charge in [-0.1, -0.05) is 23.7 Å². The number of fused-ring (bicyclic) bond motifs is 2. The van der Waals surface area contributed by atoms with Crippen LogP contribution in [0.2, 0.25) is 5.02 Å².